The molecule has 0 aromatic carbocycles. The van der Waals surface area contributed by atoms with Crippen molar-refractivity contribution in [2.45, 2.75) is 26.4 Å². The van der Waals surface area contributed by atoms with Gasteiger partial charge < -0.3 is 0 Å². The van der Waals surface area contributed by atoms with E-state index in [2.05, 4.69) is 37.7 Å². The first-order valence-corrected chi connectivity index (χ1v) is 7.06. The van der Waals surface area contributed by atoms with Crippen molar-refractivity contribution in [3.63, 3.8) is 0 Å². The standard InChI is InChI=1S/C11H18BrN3OS/c1-7(11(16)14-13)8(2)15(3)5-9-4-10(12)17-6-9/h4,6-8H,5,13H2,1-3H3,(H,14,16). The predicted octanol–water partition coefficient (Wildman–Crippen LogP) is 1.96. The molecular formula is C11H18BrN3OS. The Kier molecular flexibility index (Phi) is 5.58. The van der Waals surface area contributed by atoms with Crippen LogP contribution in [0, 0.1) is 5.92 Å². The number of carbonyl (C=O) groups is 1. The van der Waals surface area contributed by atoms with Gasteiger partial charge in [0, 0.05) is 12.6 Å². The molecule has 0 aliphatic rings. The third-order valence-electron chi connectivity index (χ3n) is 3.03. The fourth-order valence-corrected chi connectivity index (χ4v) is 2.79. The van der Waals surface area contributed by atoms with Crippen LogP contribution in [-0.4, -0.2) is 23.9 Å². The van der Waals surface area contributed by atoms with Crippen LogP contribution in [0.25, 0.3) is 0 Å². The van der Waals surface area contributed by atoms with Gasteiger partial charge in [-0.2, -0.15) is 0 Å². The molecule has 1 aromatic rings. The van der Waals surface area contributed by atoms with E-state index in [1.165, 1.54) is 5.56 Å². The molecule has 0 spiro atoms. The van der Waals surface area contributed by atoms with Gasteiger partial charge in [0.15, 0.2) is 0 Å². The Bertz CT molecular complexity index is 383. The minimum absolute atomic E-state index is 0.129. The summed E-state index contributed by atoms with van der Waals surface area (Å²) in [5.74, 6) is 4.88. The molecule has 0 aliphatic heterocycles. The molecule has 2 atom stereocenters. The number of nitrogens with two attached hydrogens (primary N) is 1. The van der Waals surface area contributed by atoms with Crippen LogP contribution in [-0.2, 0) is 11.3 Å². The van der Waals surface area contributed by atoms with Crippen molar-refractivity contribution in [2.24, 2.45) is 11.8 Å². The van der Waals surface area contributed by atoms with Crippen LogP contribution in [0.4, 0.5) is 0 Å². The first kappa shape index (κ1) is 14.6. The molecule has 0 fully saturated rings. The summed E-state index contributed by atoms with van der Waals surface area (Å²) in [7, 11) is 2.01. The lowest BCUT2D eigenvalue weighted by molar-refractivity contribution is -0.126. The summed E-state index contributed by atoms with van der Waals surface area (Å²) in [6.45, 7) is 4.74. The first-order valence-electron chi connectivity index (χ1n) is 5.39. The number of carbonyl (C=O) groups excluding carboxylic acids is 1. The van der Waals surface area contributed by atoms with Gasteiger partial charge in [-0.1, -0.05) is 6.92 Å². The molecule has 0 radical (unpaired) electrons. The Morgan fingerprint density at radius 2 is 2.29 bits per heavy atom. The topological polar surface area (TPSA) is 58.4 Å². The SMILES string of the molecule is CC(C(=O)NN)C(C)N(C)Cc1csc(Br)c1. The van der Waals surface area contributed by atoms with Crippen LogP contribution < -0.4 is 11.3 Å². The lowest BCUT2D eigenvalue weighted by atomic mass is 10.0. The third-order valence-corrected chi connectivity index (χ3v) is 4.58. The van der Waals surface area contributed by atoms with Gasteiger partial charge in [-0.3, -0.25) is 15.1 Å². The van der Waals surface area contributed by atoms with Crippen molar-refractivity contribution in [2.75, 3.05) is 7.05 Å². The van der Waals surface area contributed by atoms with E-state index in [-0.39, 0.29) is 17.9 Å². The monoisotopic (exact) mass is 319 g/mol. The highest BCUT2D eigenvalue weighted by Crippen LogP contribution is 2.22. The lowest BCUT2D eigenvalue weighted by Gasteiger charge is -2.28. The second-order valence-electron chi connectivity index (χ2n) is 4.21. The lowest BCUT2D eigenvalue weighted by Crippen LogP contribution is -2.44. The number of hydrogen-bond donors (Lipinski definition) is 2. The molecule has 3 N–H and O–H groups in total. The second-order valence-corrected chi connectivity index (χ2v) is 6.50. The highest BCUT2D eigenvalue weighted by atomic mass is 79.9. The van der Waals surface area contributed by atoms with Crippen molar-refractivity contribution >= 4 is 33.2 Å². The zero-order valence-electron chi connectivity index (χ0n) is 10.2. The van der Waals surface area contributed by atoms with E-state index in [1.807, 2.05) is 20.9 Å². The van der Waals surface area contributed by atoms with Gasteiger partial charge in [0.2, 0.25) is 5.91 Å². The molecule has 4 nitrogen and oxygen atoms in total. The summed E-state index contributed by atoms with van der Waals surface area (Å²) < 4.78 is 1.13. The van der Waals surface area contributed by atoms with Crippen molar-refractivity contribution in [1.29, 1.82) is 0 Å². The Labute approximate surface area is 114 Å². The Hall–Kier alpha value is -0.430. The molecule has 96 valence electrons. The number of thiophene rings is 1. The number of hydrogen-bond acceptors (Lipinski definition) is 4. The summed E-state index contributed by atoms with van der Waals surface area (Å²) in [6, 6.07) is 2.24. The highest BCUT2D eigenvalue weighted by Gasteiger charge is 2.23. The Morgan fingerprint density at radius 3 is 2.76 bits per heavy atom. The number of amides is 1. The molecular weight excluding hydrogens is 302 g/mol. The summed E-state index contributed by atoms with van der Waals surface area (Å²) >= 11 is 5.11. The van der Waals surface area contributed by atoms with Gasteiger partial charge in [0.05, 0.1) is 9.70 Å². The Morgan fingerprint density at radius 1 is 1.65 bits per heavy atom. The zero-order valence-corrected chi connectivity index (χ0v) is 12.6. The van der Waals surface area contributed by atoms with E-state index in [1.54, 1.807) is 11.3 Å². The van der Waals surface area contributed by atoms with Gasteiger partial charge in [-0.25, -0.2) is 5.84 Å². The van der Waals surface area contributed by atoms with Gasteiger partial charge in [0.25, 0.3) is 0 Å². The molecule has 2 unspecified atom stereocenters. The smallest absolute Gasteiger partial charge is 0.238 e. The summed E-state index contributed by atoms with van der Waals surface area (Å²) in [6.07, 6.45) is 0. The van der Waals surface area contributed by atoms with E-state index < -0.39 is 0 Å². The minimum Gasteiger partial charge on any atom is -0.299 e. The summed E-state index contributed by atoms with van der Waals surface area (Å²) in [5.41, 5.74) is 3.44. The zero-order chi connectivity index (χ0) is 13.0. The van der Waals surface area contributed by atoms with Crippen LogP contribution >= 0.6 is 27.3 Å². The van der Waals surface area contributed by atoms with E-state index in [0.717, 1.165) is 10.3 Å². The van der Waals surface area contributed by atoms with Crippen molar-refractivity contribution in [3.8, 4) is 0 Å². The number of nitrogens with one attached hydrogen (secondary N) is 1. The molecule has 0 bridgehead atoms. The van der Waals surface area contributed by atoms with Crippen molar-refractivity contribution in [3.05, 3.63) is 20.8 Å². The quantitative estimate of drug-likeness (QED) is 0.495. The van der Waals surface area contributed by atoms with Crippen LogP contribution in [0.3, 0.4) is 0 Å². The fourth-order valence-electron chi connectivity index (χ4n) is 1.59. The molecule has 0 saturated heterocycles. The third kappa shape index (κ3) is 4.06. The van der Waals surface area contributed by atoms with Crippen molar-refractivity contribution < 1.29 is 4.79 Å². The van der Waals surface area contributed by atoms with Gasteiger partial charge >= 0.3 is 0 Å². The predicted molar refractivity (Wildman–Crippen MR) is 74.4 cm³/mol. The van der Waals surface area contributed by atoms with E-state index >= 15 is 0 Å². The van der Waals surface area contributed by atoms with Gasteiger partial charge in [-0.15, -0.1) is 11.3 Å². The van der Waals surface area contributed by atoms with Crippen LogP contribution in [0.2, 0.25) is 0 Å². The second kappa shape index (κ2) is 6.49. The fraction of sp³-hybridized carbons (Fsp3) is 0.545. The molecule has 6 heteroatoms. The maximum absolute atomic E-state index is 11.4. The number of hydrazine groups is 1. The maximum atomic E-state index is 11.4. The molecule has 1 amide bonds. The molecule has 17 heavy (non-hydrogen) atoms. The largest absolute Gasteiger partial charge is 0.299 e. The normalized spacial score (nSPS) is 14.7. The average molecular weight is 320 g/mol. The molecule has 1 aromatic heterocycles. The van der Waals surface area contributed by atoms with Crippen LogP contribution in [0.5, 0.6) is 0 Å². The average Bonchev–Trinajstić information content (AvgIpc) is 2.71. The molecule has 1 heterocycles. The van der Waals surface area contributed by atoms with Gasteiger partial charge in [0.1, 0.15) is 0 Å². The van der Waals surface area contributed by atoms with Crippen LogP contribution in [0.15, 0.2) is 15.2 Å². The Balaban J connectivity index is 2.57. The summed E-state index contributed by atoms with van der Waals surface area (Å²) in [5, 5.41) is 2.11. The molecule has 1 rings (SSSR count). The van der Waals surface area contributed by atoms with Gasteiger partial charge in [-0.05, 0) is 46.9 Å². The van der Waals surface area contributed by atoms with E-state index in [9.17, 15) is 4.79 Å². The maximum Gasteiger partial charge on any atom is 0.238 e. The number of rotatable bonds is 5. The number of nitrogens with zero attached hydrogens (tertiary/aromatic N) is 1. The highest BCUT2D eigenvalue weighted by molar-refractivity contribution is 9.11. The van der Waals surface area contributed by atoms with Crippen LogP contribution in [0.1, 0.15) is 19.4 Å². The molecule has 0 saturated carbocycles. The summed E-state index contributed by atoms with van der Waals surface area (Å²) in [4.78, 5) is 13.6. The van der Waals surface area contributed by atoms with E-state index in [4.69, 9.17) is 5.84 Å². The van der Waals surface area contributed by atoms with E-state index in [0.29, 0.717) is 0 Å². The van der Waals surface area contributed by atoms with Crippen molar-refractivity contribution in [1.82, 2.24) is 10.3 Å². The minimum atomic E-state index is -0.132. The number of halogens is 1. The first-order chi connectivity index (χ1) is 7.95. The molecule has 0 aliphatic carbocycles.